The minimum absolute atomic E-state index is 0.0285. The predicted molar refractivity (Wildman–Crippen MR) is 167 cm³/mol. The lowest BCUT2D eigenvalue weighted by Crippen LogP contribution is -2.50. The van der Waals surface area contributed by atoms with Crippen molar-refractivity contribution in [1.29, 1.82) is 0 Å². The number of nitrogens with two attached hydrogens (primary N) is 1. The third-order valence-corrected chi connectivity index (χ3v) is 8.00. The van der Waals surface area contributed by atoms with Gasteiger partial charge in [-0.05, 0) is 48.2 Å². The van der Waals surface area contributed by atoms with Crippen LogP contribution in [-0.4, -0.2) is 80.9 Å². The number of carbonyl (C=O) groups excluding carboxylic acids is 3. The second kappa shape index (κ2) is 17.1. The van der Waals surface area contributed by atoms with Crippen molar-refractivity contribution in [3.05, 3.63) is 94.8 Å². The van der Waals surface area contributed by atoms with Crippen LogP contribution in [0.25, 0.3) is 0 Å². The molecule has 1 fully saturated rings. The first-order valence-electron chi connectivity index (χ1n) is 15.5. The number of aromatic nitrogens is 1. The molecule has 1 saturated heterocycles. The van der Waals surface area contributed by atoms with Crippen molar-refractivity contribution in [3.63, 3.8) is 0 Å². The van der Waals surface area contributed by atoms with E-state index in [2.05, 4.69) is 10.3 Å². The van der Waals surface area contributed by atoms with Crippen LogP contribution in [-0.2, 0) is 31.6 Å². The fourth-order valence-electron chi connectivity index (χ4n) is 5.40. The van der Waals surface area contributed by atoms with E-state index in [-0.39, 0.29) is 55.0 Å². The maximum atomic E-state index is 15.3. The normalized spacial score (nSPS) is 17.5. The number of hydrogen-bond donors (Lipinski definition) is 3. The topological polar surface area (TPSA) is 145 Å². The highest BCUT2D eigenvalue weighted by Crippen LogP contribution is 2.35. The van der Waals surface area contributed by atoms with Gasteiger partial charge in [-0.25, -0.2) is 23.3 Å². The van der Waals surface area contributed by atoms with E-state index < -0.39 is 78.3 Å². The van der Waals surface area contributed by atoms with E-state index in [1.54, 1.807) is 5.32 Å². The molecule has 2 aromatic carbocycles. The van der Waals surface area contributed by atoms with Gasteiger partial charge >= 0.3 is 24.5 Å². The third kappa shape index (κ3) is 10.6. The Morgan fingerprint density at radius 3 is 2.21 bits per heavy atom. The molecule has 2 heterocycles. The number of nitrogens with one attached hydrogen (secondary N) is 2. The molecule has 1 aliphatic heterocycles. The molecule has 1 aliphatic rings. The Hall–Kier alpha value is -4.88. The Morgan fingerprint density at radius 1 is 1.02 bits per heavy atom. The summed E-state index contributed by atoms with van der Waals surface area (Å²) in [5.41, 5.74) is 5.31. The first-order valence-corrected chi connectivity index (χ1v) is 15.5. The summed E-state index contributed by atoms with van der Waals surface area (Å²) < 4.78 is 121. The van der Waals surface area contributed by atoms with E-state index in [1.165, 1.54) is 12.1 Å². The zero-order valence-electron chi connectivity index (χ0n) is 27.3. The summed E-state index contributed by atoms with van der Waals surface area (Å²) in [6.07, 6.45) is -10.5. The van der Waals surface area contributed by atoms with Gasteiger partial charge in [0.15, 0.2) is 0 Å². The highest BCUT2D eigenvalue weighted by Gasteiger charge is 2.38. The molecule has 0 saturated carbocycles. The van der Waals surface area contributed by atoms with Crippen molar-refractivity contribution < 1.29 is 63.7 Å². The molecule has 3 aromatic rings. The van der Waals surface area contributed by atoms with Crippen LogP contribution < -0.4 is 21.3 Å². The minimum atomic E-state index is -4.67. The van der Waals surface area contributed by atoms with Crippen molar-refractivity contribution in [2.45, 2.75) is 49.3 Å². The first kappa shape index (κ1) is 39.9. The quantitative estimate of drug-likeness (QED) is 0.225. The van der Waals surface area contributed by atoms with Gasteiger partial charge in [0, 0.05) is 18.0 Å². The van der Waals surface area contributed by atoms with Gasteiger partial charge in [0.1, 0.15) is 24.8 Å². The lowest BCUT2D eigenvalue weighted by Gasteiger charge is -2.31. The molecule has 4 N–H and O–H groups in total. The highest BCUT2D eigenvalue weighted by atomic mass is 19.4. The van der Waals surface area contributed by atoms with Gasteiger partial charge in [-0.2, -0.15) is 26.3 Å². The Morgan fingerprint density at radius 2 is 1.65 bits per heavy atom. The van der Waals surface area contributed by atoms with Crippen molar-refractivity contribution in [3.8, 4) is 0 Å². The lowest BCUT2D eigenvalue weighted by molar-refractivity contribution is -0.137. The Balaban J connectivity index is 1.52. The molecule has 0 bridgehead atoms. The number of anilines is 1. The number of imide groups is 1. The molecule has 11 nitrogen and oxygen atoms in total. The number of hydrogen-bond acceptors (Lipinski definition) is 9. The number of methoxy groups -OCH3 is 1. The van der Waals surface area contributed by atoms with Crippen molar-refractivity contribution in [2.75, 3.05) is 38.3 Å². The summed E-state index contributed by atoms with van der Waals surface area (Å²) in [5, 5.41) is 4.58. The summed E-state index contributed by atoms with van der Waals surface area (Å²) in [4.78, 5) is 43.0. The first-order chi connectivity index (χ1) is 24.5. The van der Waals surface area contributed by atoms with E-state index in [9.17, 15) is 45.1 Å². The van der Waals surface area contributed by atoms with Gasteiger partial charge in [-0.1, -0.05) is 24.3 Å². The average molecular weight is 748 g/mol. The van der Waals surface area contributed by atoms with Gasteiger partial charge in [-0.3, -0.25) is 9.78 Å². The van der Waals surface area contributed by atoms with Gasteiger partial charge in [-0.15, -0.1) is 0 Å². The monoisotopic (exact) mass is 747 g/mol. The average Bonchev–Trinajstić information content (AvgIpc) is 3.10. The molecule has 3 amide bonds. The molecule has 282 valence electrons. The molecule has 1 aromatic heterocycles. The van der Waals surface area contributed by atoms with E-state index in [0.717, 1.165) is 55.9 Å². The molecule has 19 heteroatoms. The van der Waals surface area contributed by atoms with Crippen LogP contribution in [0, 0.1) is 11.6 Å². The smallest absolute Gasteiger partial charge is 0.421 e. The maximum Gasteiger partial charge on any atom is 0.421 e. The molecular weight excluding hydrogens is 714 g/mol. The molecule has 0 aliphatic carbocycles. The summed E-state index contributed by atoms with van der Waals surface area (Å²) in [6.45, 7) is -1.74. The number of nitrogens with zero attached hydrogens (tertiary/aromatic N) is 2. The summed E-state index contributed by atoms with van der Waals surface area (Å²) in [7, 11) is 0.954. The number of morpholine rings is 1. The molecule has 52 heavy (non-hydrogen) atoms. The Kier molecular flexibility index (Phi) is 13.1. The summed E-state index contributed by atoms with van der Waals surface area (Å²) >= 11 is 0. The number of ether oxygens (including phenoxy) is 3. The minimum Gasteiger partial charge on any atom is -0.452 e. The fourth-order valence-corrected chi connectivity index (χ4v) is 5.40. The Labute approximate surface area is 291 Å². The number of halogens is 8. The van der Waals surface area contributed by atoms with Crippen LogP contribution in [0.1, 0.15) is 34.6 Å². The second-order valence-electron chi connectivity index (χ2n) is 11.6. The van der Waals surface area contributed by atoms with E-state index in [1.807, 2.05) is 0 Å². The number of alkyl carbamates (subject to hydrolysis) is 1. The van der Waals surface area contributed by atoms with Gasteiger partial charge in [0.05, 0.1) is 55.5 Å². The van der Waals surface area contributed by atoms with Crippen LogP contribution in [0.15, 0.2) is 60.9 Å². The van der Waals surface area contributed by atoms with Crippen LogP contribution in [0.3, 0.4) is 0 Å². The predicted octanol–water partition coefficient (Wildman–Crippen LogP) is 5.22. The standard InChI is InChI=1S/C33H33F8N5O6/c1-50-31(49)46(29(47)28(42)27(19-4-8-21(34)9-5-19)18-2-6-20(7-3-18)33(39,40)41)26-14-43-13-25(35)24(26)11-10-23-12-44-22(15-51-23)16-52-30(48)45-17-32(36,37)38/h2-9,13-14,22-23,27-28,44H,10-12,15-17,42H2,1H3,(H,45,48)/t22-,23+,27-,28-/m0/s1. The largest absolute Gasteiger partial charge is 0.452 e. The van der Waals surface area contributed by atoms with E-state index in [0.29, 0.717) is 4.90 Å². The number of carbonyl (C=O) groups is 3. The van der Waals surface area contributed by atoms with Gasteiger partial charge in [0.25, 0.3) is 5.91 Å². The lowest BCUT2D eigenvalue weighted by atomic mass is 9.84. The van der Waals surface area contributed by atoms with Crippen molar-refractivity contribution >= 4 is 23.8 Å². The number of benzene rings is 2. The van der Waals surface area contributed by atoms with Crippen LogP contribution >= 0.6 is 0 Å². The molecule has 4 atom stereocenters. The van der Waals surface area contributed by atoms with Gasteiger partial charge < -0.3 is 30.6 Å². The molecule has 0 unspecified atom stereocenters. The van der Waals surface area contributed by atoms with Crippen LogP contribution in [0.2, 0.25) is 0 Å². The fraction of sp³-hybridized carbons (Fsp3) is 0.394. The van der Waals surface area contributed by atoms with Crippen molar-refractivity contribution in [1.82, 2.24) is 15.6 Å². The SMILES string of the molecule is COC(=O)N(C(=O)[C@@H](N)[C@H](c1ccc(F)cc1)c1ccc(C(F)(F)F)cc1)c1cncc(F)c1CC[C@@H]1CN[C@H](COC(=O)NCC(F)(F)F)CO1. The number of alkyl halides is 6. The number of pyridine rings is 1. The molecular formula is C33H33F8N5O6. The van der Waals surface area contributed by atoms with Crippen molar-refractivity contribution in [2.24, 2.45) is 5.73 Å². The second-order valence-corrected chi connectivity index (χ2v) is 11.6. The molecule has 0 radical (unpaired) electrons. The third-order valence-electron chi connectivity index (χ3n) is 8.00. The van der Waals surface area contributed by atoms with Gasteiger partial charge in [0.2, 0.25) is 0 Å². The zero-order valence-corrected chi connectivity index (χ0v) is 27.3. The molecule has 4 rings (SSSR count). The van der Waals surface area contributed by atoms with Crippen LogP contribution in [0.5, 0.6) is 0 Å². The van der Waals surface area contributed by atoms with Crippen LogP contribution in [0.4, 0.5) is 50.4 Å². The van der Waals surface area contributed by atoms with E-state index in [4.69, 9.17) is 19.9 Å². The summed E-state index contributed by atoms with van der Waals surface area (Å²) in [5.74, 6) is -3.92. The van der Waals surface area contributed by atoms with E-state index >= 15 is 4.39 Å². The molecule has 0 spiro atoms. The maximum absolute atomic E-state index is 15.3. The number of rotatable bonds is 11. The Bertz CT molecular complexity index is 1680. The summed E-state index contributed by atoms with van der Waals surface area (Å²) in [6, 6.07) is 6.16. The number of amides is 3. The zero-order chi connectivity index (χ0) is 38.2. The highest BCUT2D eigenvalue weighted by molar-refractivity contribution is 6.15.